The van der Waals surface area contributed by atoms with Crippen LogP contribution < -0.4 is 4.90 Å². The lowest BCUT2D eigenvalue weighted by atomic mass is 9.74. The first-order valence-electron chi connectivity index (χ1n) is 8.67. The van der Waals surface area contributed by atoms with E-state index in [9.17, 15) is 0 Å². The van der Waals surface area contributed by atoms with Crippen molar-refractivity contribution in [2.45, 2.75) is 40.0 Å². The van der Waals surface area contributed by atoms with Crippen molar-refractivity contribution in [3.05, 3.63) is 29.3 Å². The van der Waals surface area contributed by atoms with E-state index in [0.717, 1.165) is 11.8 Å². The van der Waals surface area contributed by atoms with Gasteiger partial charge in [0.15, 0.2) is 0 Å². The van der Waals surface area contributed by atoms with E-state index in [1.807, 2.05) is 0 Å². The Morgan fingerprint density at radius 2 is 1.76 bits per heavy atom. The lowest BCUT2D eigenvalue weighted by Gasteiger charge is -2.39. The van der Waals surface area contributed by atoms with Gasteiger partial charge in [-0.3, -0.25) is 4.90 Å². The number of hydrogen-bond acceptors (Lipinski definition) is 2. The Kier molecular flexibility index (Phi) is 4.54. The summed E-state index contributed by atoms with van der Waals surface area (Å²) >= 11 is 0. The minimum atomic E-state index is 0.996. The summed E-state index contributed by atoms with van der Waals surface area (Å²) in [5.41, 5.74) is 4.31. The van der Waals surface area contributed by atoms with Gasteiger partial charge in [-0.15, -0.1) is 0 Å². The van der Waals surface area contributed by atoms with E-state index in [4.69, 9.17) is 0 Å². The van der Waals surface area contributed by atoms with Crippen LogP contribution in [0.5, 0.6) is 0 Å². The summed E-state index contributed by atoms with van der Waals surface area (Å²) in [5, 5.41) is 0. The van der Waals surface area contributed by atoms with E-state index in [1.54, 1.807) is 0 Å². The van der Waals surface area contributed by atoms with Gasteiger partial charge in [-0.2, -0.15) is 0 Å². The van der Waals surface area contributed by atoms with Crippen LogP contribution in [-0.4, -0.2) is 37.6 Å². The quantitative estimate of drug-likeness (QED) is 0.829. The molecule has 2 nitrogen and oxygen atoms in total. The minimum Gasteiger partial charge on any atom is -0.369 e. The smallest absolute Gasteiger partial charge is 0.0399 e. The van der Waals surface area contributed by atoms with Gasteiger partial charge in [0.25, 0.3) is 0 Å². The van der Waals surface area contributed by atoms with Crippen LogP contribution in [0.1, 0.15) is 37.3 Å². The van der Waals surface area contributed by atoms with Crippen molar-refractivity contribution in [3.63, 3.8) is 0 Å². The average Bonchev–Trinajstić information content (AvgIpc) is 2.46. The van der Waals surface area contributed by atoms with Gasteiger partial charge < -0.3 is 4.90 Å². The molecule has 1 aromatic rings. The van der Waals surface area contributed by atoms with Gasteiger partial charge in [-0.05, 0) is 68.7 Å². The highest BCUT2D eigenvalue weighted by atomic mass is 15.3. The number of piperazine rings is 1. The Labute approximate surface area is 130 Å². The zero-order chi connectivity index (χ0) is 14.8. The lowest BCUT2D eigenvalue weighted by molar-refractivity contribution is 0.162. The molecule has 21 heavy (non-hydrogen) atoms. The summed E-state index contributed by atoms with van der Waals surface area (Å²) in [7, 11) is 0. The molecule has 0 unspecified atom stereocenters. The molecule has 2 heteroatoms. The van der Waals surface area contributed by atoms with Crippen molar-refractivity contribution in [1.82, 2.24) is 4.90 Å². The van der Waals surface area contributed by atoms with Crippen LogP contribution in [0.4, 0.5) is 5.69 Å². The molecule has 1 aromatic carbocycles. The molecule has 0 radical (unpaired) electrons. The fourth-order valence-electron chi connectivity index (χ4n) is 3.96. The van der Waals surface area contributed by atoms with Crippen molar-refractivity contribution in [3.8, 4) is 0 Å². The molecule has 1 aliphatic carbocycles. The maximum atomic E-state index is 2.67. The maximum Gasteiger partial charge on any atom is 0.0399 e. The third kappa shape index (κ3) is 3.42. The van der Waals surface area contributed by atoms with Gasteiger partial charge in [0.05, 0.1) is 0 Å². The van der Waals surface area contributed by atoms with Crippen LogP contribution in [0.2, 0.25) is 0 Å². The fraction of sp³-hybridized carbons (Fsp3) is 0.684. The van der Waals surface area contributed by atoms with Gasteiger partial charge in [0.1, 0.15) is 0 Å². The van der Waals surface area contributed by atoms with Crippen molar-refractivity contribution >= 4 is 5.69 Å². The summed E-state index contributed by atoms with van der Waals surface area (Å²) in [6, 6.07) is 6.70. The van der Waals surface area contributed by atoms with Crippen LogP contribution in [0.15, 0.2) is 18.2 Å². The molecule has 3 rings (SSSR count). The van der Waals surface area contributed by atoms with Crippen LogP contribution in [0.3, 0.4) is 0 Å². The van der Waals surface area contributed by atoms with Crippen LogP contribution >= 0.6 is 0 Å². The summed E-state index contributed by atoms with van der Waals surface area (Å²) in [5.74, 6) is 2.02. The molecular formula is C19H30N2. The van der Waals surface area contributed by atoms with Gasteiger partial charge in [-0.1, -0.05) is 19.1 Å². The molecule has 116 valence electrons. The van der Waals surface area contributed by atoms with Gasteiger partial charge in [0, 0.05) is 31.9 Å². The Morgan fingerprint density at radius 1 is 1.05 bits per heavy atom. The van der Waals surface area contributed by atoms with E-state index in [0.29, 0.717) is 0 Å². The summed E-state index contributed by atoms with van der Waals surface area (Å²) in [6.07, 6.45) is 4.37. The standard InChI is InChI=1S/C19H30N2/c1-15-13-18(14-15)7-8-20-9-11-21(12-10-20)19-6-4-5-16(2)17(19)3/h4-6,15,18H,7-14H2,1-3H3. The first-order chi connectivity index (χ1) is 10.1. The van der Waals surface area contributed by atoms with Gasteiger partial charge in [0.2, 0.25) is 0 Å². The molecule has 0 aromatic heterocycles. The molecular weight excluding hydrogens is 256 g/mol. The first-order valence-corrected chi connectivity index (χ1v) is 8.67. The second kappa shape index (κ2) is 6.39. The number of rotatable bonds is 4. The SMILES string of the molecule is Cc1cccc(N2CCN(CCC3CC(C)C3)CC2)c1C. The van der Waals surface area contributed by atoms with Gasteiger partial charge >= 0.3 is 0 Å². The molecule has 0 bridgehead atoms. The molecule has 1 aliphatic heterocycles. The number of anilines is 1. The van der Waals surface area contributed by atoms with Crippen molar-refractivity contribution < 1.29 is 0 Å². The molecule has 2 aliphatic rings. The first kappa shape index (κ1) is 14.9. The van der Waals surface area contributed by atoms with E-state index in [1.165, 1.54) is 68.8 Å². The molecule has 1 saturated heterocycles. The summed E-state index contributed by atoms with van der Waals surface area (Å²) in [6.45, 7) is 13.0. The highest BCUT2D eigenvalue weighted by Crippen LogP contribution is 2.35. The Hall–Kier alpha value is -1.02. The third-order valence-corrected chi connectivity index (χ3v) is 5.61. The lowest BCUT2D eigenvalue weighted by Crippen LogP contribution is -2.47. The van der Waals surface area contributed by atoms with Crippen molar-refractivity contribution in [1.29, 1.82) is 0 Å². The Morgan fingerprint density at radius 3 is 2.43 bits per heavy atom. The Bertz CT molecular complexity index is 468. The Balaban J connectivity index is 1.47. The maximum absolute atomic E-state index is 2.67. The van der Waals surface area contributed by atoms with Crippen LogP contribution in [0.25, 0.3) is 0 Å². The topological polar surface area (TPSA) is 6.48 Å². The van der Waals surface area contributed by atoms with Crippen molar-refractivity contribution in [2.75, 3.05) is 37.6 Å². The van der Waals surface area contributed by atoms with Crippen LogP contribution in [-0.2, 0) is 0 Å². The molecule has 0 atom stereocenters. The van der Waals surface area contributed by atoms with Crippen LogP contribution in [0, 0.1) is 25.7 Å². The normalized spacial score (nSPS) is 26.7. The zero-order valence-electron chi connectivity index (χ0n) is 13.9. The number of benzene rings is 1. The largest absolute Gasteiger partial charge is 0.369 e. The fourth-order valence-corrected chi connectivity index (χ4v) is 3.96. The van der Waals surface area contributed by atoms with E-state index in [2.05, 4.69) is 48.8 Å². The zero-order valence-corrected chi connectivity index (χ0v) is 13.9. The summed E-state index contributed by atoms with van der Waals surface area (Å²) in [4.78, 5) is 5.24. The van der Waals surface area contributed by atoms with E-state index in [-0.39, 0.29) is 0 Å². The summed E-state index contributed by atoms with van der Waals surface area (Å²) < 4.78 is 0. The van der Waals surface area contributed by atoms with E-state index >= 15 is 0 Å². The number of nitrogens with zero attached hydrogens (tertiary/aromatic N) is 2. The predicted molar refractivity (Wildman–Crippen MR) is 91.1 cm³/mol. The minimum absolute atomic E-state index is 0.996. The highest BCUT2D eigenvalue weighted by Gasteiger charge is 2.26. The molecule has 2 fully saturated rings. The van der Waals surface area contributed by atoms with Gasteiger partial charge in [-0.25, -0.2) is 0 Å². The second-order valence-corrected chi connectivity index (χ2v) is 7.28. The number of aryl methyl sites for hydroxylation is 1. The second-order valence-electron chi connectivity index (χ2n) is 7.28. The highest BCUT2D eigenvalue weighted by molar-refractivity contribution is 5.56. The molecule has 0 N–H and O–H groups in total. The molecule has 0 spiro atoms. The number of hydrogen-bond donors (Lipinski definition) is 0. The average molecular weight is 286 g/mol. The molecule has 1 heterocycles. The predicted octanol–water partition coefficient (Wildman–Crippen LogP) is 3.86. The van der Waals surface area contributed by atoms with Crippen molar-refractivity contribution in [2.24, 2.45) is 11.8 Å². The van der Waals surface area contributed by atoms with E-state index < -0.39 is 0 Å². The monoisotopic (exact) mass is 286 g/mol. The molecule has 0 amide bonds. The third-order valence-electron chi connectivity index (χ3n) is 5.61. The molecule has 1 saturated carbocycles.